The molecule has 4 nitrogen and oxygen atoms in total. The Hall–Kier alpha value is -2.93. The third-order valence-corrected chi connectivity index (χ3v) is 5.12. The van der Waals surface area contributed by atoms with E-state index >= 15 is 0 Å². The Morgan fingerprint density at radius 3 is 2.55 bits per heavy atom. The molecule has 1 aliphatic rings. The summed E-state index contributed by atoms with van der Waals surface area (Å²) in [5.74, 6) is 0.599. The normalized spacial score (nSPS) is 14.6. The van der Waals surface area contributed by atoms with Gasteiger partial charge in [-0.05, 0) is 83.1 Å². The van der Waals surface area contributed by atoms with Crippen LogP contribution in [-0.2, 0) is 16.1 Å². The van der Waals surface area contributed by atoms with Crippen molar-refractivity contribution in [3.63, 3.8) is 0 Å². The summed E-state index contributed by atoms with van der Waals surface area (Å²) in [6, 6.07) is 23.5. The van der Waals surface area contributed by atoms with Crippen LogP contribution in [0.4, 0.5) is 0 Å². The molecule has 5 heteroatoms. The van der Waals surface area contributed by atoms with Gasteiger partial charge in [0.15, 0.2) is 5.70 Å². The predicted molar refractivity (Wildman–Crippen MR) is 122 cm³/mol. The molecule has 0 spiro atoms. The second-order valence-electron chi connectivity index (χ2n) is 6.69. The molecular formula is C24H18INO3. The number of aliphatic imine (C=N–C) groups is 1. The first-order chi connectivity index (χ1) is 14.1. The zero-order valence-corrected chi connectivity index (χ0v) is 17.9. The first kappa shape index (κ1) is 19.4. The van der Waals surface area contributed by atoms with Gasteiger partial charge in [-0.25, -0.2) is 9.79 Å². The molecule has 0 aliphatic carbocycles. The zero-order valence-electron chi connectivity index (χ0n) is 15.8. The minimum atomic E-state index is -0.454. The van der Waals surface area contributed by atoms with E-state index in [0.717, 1.165) is 26.0 Å². The largest absolute Gasteiger partial charge is 0.489 e. The van der Waals surface area contributed by atoms with Crippen LogP contribution in [0.3, 0.4) is 0 Å². The minimum absolute atomic E-state index is 0.272. The lowest BCUT2D eigenvalue weighted by Crippen LogP contribution is -2.05. The van der Waals surface area contributed by atoms with Gasteiger partial charge in [-0.3, -0.25) is 0 Å². The average Bonchev–Trinajstić information content (AvgIpc) is 3.09. The number of nitrogens with zero attached hydrogens (tertiary/aromatic N) is 1. The Morgan fingerprint density at radius 2 is 1.79 bits per heavy atom. The molecule has 0 atom stereocenters. The first-order valence-electron chi connectivity index (χ1n) is 9.14. The highest BCUT2D eigenvalue weighted by molar-refractivity contribution is 14.1. The Morgan fingerprint density at radius 1 is 1.03 bits per heavy atom. The van der Waals surface area contributed by atoms with Crippen molar-refractivity contribution in [3.05, 3.63) is 104 Å². The van der Waals surface area contributed by atoms with Crippen LogP contribution in [0, 0.1) is 10.5 Å². The van der Waals surface area contributed by atoms with Gasteiger partial charge >= 0.3 is 5.97 Å². The van der Waals surface area contributed by atoms with Gasteiger partial charge in [0.25, 0.3) is 0 Å². The second kappa shape index (κ2) is 8.61. The van der Waals surface area contributed by atoms with Crippen molar-refractivity contribution in [2.45, 2.75) is 13.5 Å². The molecular weight excluding hydrogens is 477 g/mol. The summed E-state index contributed by atoms with van der Waals surface area (Å²) < 4.78 is 12.3. The number of ether oxygens (including phenoxy) is 2. The van der Waals surface area contributed by atoms with Gasteiger partial charge in [-0.1, -0.05) is 42.0 Å². The third kappa shape index (κ3) is 4.92. The van der Waals surface area contributed by atoms with Crippen LogP contribution in [0.25, 0.3) is 6.08 Å². The molecule has 0 aromatic heterocycles. The number of esters is 1. The highest BCUT2D eigenvalue weighted by Gasteiger charge is 2.24. The maximum Gasteiger partial charge on any atom is 0.363 e. The lowest BCUT2D eigenvalue weighted by molar-refractivity contribution is -0.129. The molecule has 3 aromatic rings. The van der Waals surface area contributed by atoms with Crippen molar-refractivity contribution >= 4 is 40.5 Å². The van der Waals surface area contributed by atoms with Gasteiger partial charge in [0.2, 0.25) is 5.90 Å². The second-order valence-corrected chi connectivity index (χ2v) is 7.94. The fourth-order valence-corrected chi connectivity index (χ4v) is 3.19. The van der Waals surface area contributed by atoms with Crippen LogP contribution in [0.5, 0.6) is 5.75 Å². The van der Waals surface area contributed by atoms with Gasteiger partial charge in [0, 0.05) is 9.13 Å². The predicted octanol–water partition coefficient (Wildman–Crippen LogP) is 5.52. The molecule has 29 heavy (non-hydrogen) atoms. The standard InChI is InChI=1S/C24H18INO3/c1-16-5-7-17(8-6-16)15-28-21-4-2-3-18(13-21)14-22-24(27)29-23(26-22)19-9-11-20(25)12-10-19/h2-14H,15H2,1H3/b22-14-. The number of halogens is 1. The van der Waals surface area contributed by atoms with E-state index in [4.69, 9.17) is 9.47 Å². The number of carbonyl (C=O) groups is 1. The number of rotatable bonds is 5. The van der Waals surface area contributed by atoms with Crippen molar-refractivity contribution in [1.82, 2.24) is 0 Å². The molecule has 3 aromatic carbocycles. The van der Waals surface area contributed by atoms with Crippen LogP contribution in [0.1, 0.15) is 22.3 Å². The Kier molecular flexibility index (Phi) is 5.76. The quantitative estimate of drug-likeness (QED) is 0.266. The van der Waals surface area contributed by atoms with Gasteiger partial charge in [-0.15, -0.1) is 0 Å². The SMILES string of the molecule is Cc1ccc(COc2cccc(/C=C3\N=C(c4ccc(I)cc4)OC3=O)c2)cc1. The molecule has 0 saturated heterocycles. The fraction of sp³-hybridized carbons (Fsp3) is 0.0833. The van der Waals surface area contributed by atoms with E-state index < -0.39 is 5.97 Å². The van der Waals surface area contributed by atoms with E-state index in [0.29, 0.717) is 12.5 Å². The van der Waals surface area contributed by atoms with E-state index in [2.05, 4.69) is 58.8 Å². The summed E-state index contributed by atoms with van der Waals surface area (Å²) in [7, 11) is 0. The van der Waals surface area contributed by atoms with Crippen LogP contribution in [0.15, 0.2) is 83.5 Å². The van der Waals surface area contributed by atoms with Gasteiger partial charge in [-0.2, -0.15) is 0 Å². The topological polar surface area (TPSA) is 47.9 Å². The summed E-state index contributed by atoms with van der Waals surface area (Å²) in [6.07, 6.45) is 1.71. The van der Waals surface area contributed by atoms with Gasteiger partial charge in [0.1, 0.15) is 12.4 Å². The van der Waals surface area contributed by atoms with Crippen molar-refractivity contribution in [3.8, 4) is 5.75 Å². The molecule has 4 rings (SSSR count). The minimum Gasteiger partial charge on any atom is -0.489 e. The molecule has 1 heterocycles. The van der Waals surface area contributed by atoms with Gasteiger partial charge in [0.05, 0.1) is 0 Å². The maximum atomic E-state index is 12.2. The van der Waals surface area contributed by atoms with Crippen molar-refractivity contribution < 1.29 is 14.3 Å². The Labute approximate surface area is 183 Å². The highest BCUT2D eigenvalue weighted by Crippen LogP contribution is 2.22. The van der Waals surface area contributed by atoms with E-state index in [9.17, 15) is 4.79 Å². The summed E-state index contributed by atoms with van der Waals surface area (Å²) in [5, 5.41) is 0. The Balaban J connectivity index is 1.50. The molecule has 0 amide bonds. The number of benzene rings is 3. The van der Waals surface area contributed by atoms with Crippen molar-refractivity contribution in [2.75, 3.05) is 0 Å². The summed E-state index contributed by atoms with van der Waals surface area (Å²) in [4.78, 5) is 16.6. The number of carbonyl (C=O) groups excluding carboxylic acids is 1. The monoisotopic (exact) mass is 495 g/mol. The smallest absolute Gasteiger partial charge is 0.363 e. The van der Waals surface area contributed by atoms with E-state index in [1.54, 1.807) is 6.08 Å². The summed E-state index contributed by atoms with van der Waals surface area (Å²) >= 11 is 2.23. The van der Waals surface area contributed by atoms with Crippen LogP contribution < -0.4 is 4.74 Å². The molecule has 0 saturated carbocycles. The lowest BCUT2D eigenvalue weighted by Gasteiger charge is -2.07. The van der Waals surface area contributed by atoms with E-state index in [1.165, 1.54) is 5.56 Å². The number of cyclic esters (lactones) is 1. The average molecular weight is 495 g/mol. The molecule has 0 bridgehead atoms. The summed E-state index contributed by atoms with van der Waals surface area (Å²) in [5.41, 5.74) is 4.19. The van der Waals surface area contributed by atoms with Crippen LogP contribution >= 0.6 is 22.6 Å². The van der Waals surface area contributed by atoms with E-state index in [1.807, 2.05) is 48.5 Å². The molecule has 144 valence electrons. The fourth-order valence-electron chi connectivity index (χ4n) is 2.83. The molecule has 0 fully saturated rings. The zero-order chi connectivity index (χ0) is 20.2. The number of hydrogen-bond acceptors (Lipinski definition) is 4. The third-order valence-electron chi connectivity index (χ3n) is 4.40. The molecule has 1 aliphatic heterocycles. The van der Waals surface area contributed by atoms with Gasteiger partial charge < -0.3 is 9.47 Å². The van der Waals surface area contributed by atoms with Crippen LogP contribution in [0.2, 0.25) is 0 Å². The molecule has 0 N–H and O–H groups in total. The lowest BCUT2D eigenvalue weighted by atomic mass is 10.1. The Bertz CT molecular complexity index is 1100. The van der Waals surface area contributed by atoms with Crippen molar-refractivity contribution in [2.24, 2.45) is 4.99 Å². The van der Waals surface area contributed by atoms with Crippen LogP contribution in [-0.4, -0.2) is 11.9 Å². The first-order valence-corrected chi connectivity index (χ1v) is 10.2. The molecule has 0 radical (unpaired) electrons. The molecule has 0 unspecified atom stereocenters. The summed E-state index contributed by atoms with van der Waals surface area (Å²) in [6.45, 7) is 2.54. The van der Waals surface area contributed by atoms with E-state index in [-0.39, 0.29) is 5.70 Å². The number of hydrogen-bond donors (Lipinski definition) is 0. The highest BCUT2D eigenvalue weighted by atomic mass is 127. The van der Waals surface area contributed by atoms with Crippen molar-refractivity contribution in [1.29, 1.82) is 0 Å². The number of aryl methyl sites for hydroxylation is 1. The maximum absolute atomic E-state index is 12.2.